The summed E-state index contributed by atoms with van der Waals surface area (Å²) in [5.74, 6) is -2.42. The SMILES string of the molecule is CC(C)C(=O)OC(CO)COC(=O)CCC(=O)OCC(O)COC(=O)NCCCN1CCN(CCCN)CC1. The number of carbonyl (C=O) groups is 4. The number of alkyl carbamates (subject to hydrolysis) is 1. The Labute approximate surface area is 230 Å². The molecule has 1 rings (SSSR count). The van der Waals surface area contributed by atoms with Gasteiger partial charge >= 0.3 is 24.0 Å². The van der Waals surface area contributed by atoms with Crippen LogP contribution >= 0.6 is 0 Å². The van der Waals surface area contributed by atoms with Gasteiger partial charge < -0.3 is 50.0 Å². The molecule has 0 aromatic heterocycles. The van der Waals surface area contributed by atoms with Crippen LogP contribution in [0.3, 0.4) is 0 Å². The highest BCUT2D eigenvalue weighted by molar-refractivity contribution is 5.77. The molecule has 1 saturated heterocycles. The lowest BCUT2D eigenvalue weighted by Gasteiger charge is -2.34. The molecule has 1 amide bonds. The fraction of sp³-hybridized carbons (Fsp3) is 0.840. The number of amides is 1. The molecular formula is C25H46N4O10. The number of aliphatic hydroxyl groups excluding tert-OH is 2. The largest absolute Gasteiger partial charge is 0.463 e. The second-order valence-electron chi connectivity index (χ2n) is 9.62. The van der Waals surface area contributed by atoms with E-state index in [1.54, 1.807) is 13.8 Å². The molecule has 1 aliphatic heterocycles. The van der Waals surface area contributed by atoms with Crippen molar-refractivity contribution >= 4 is 24.0 Å². The van der Waals surface area contributed by atoms with E-state index in [0.717, 1.165) is 52.1 Å². The van der Waals surface area contributed by atoms with Crippen molar-refractivity contribution < 1.29 is 48.3 Å². The van der Waals surface area contributed by atoms with E-state index in [9.17, 15) is 29.4 Å². The van der Waals surface area contributed by atoms with Gasteiger partial charge in [-0.25, -0.2) is 4.79 Å². The zero-order valence-corrected chi connectivity index (χ0v) is 23.2. The van der Waals surface area contributed by atoms with Crippen LogP contribution in [-0.4, -0.2) is 135 Å². The average molecular weight is 563 g/mol. The molecule has 226 valence electrons. The Bertz CT molecular complexity index is 732. The predicted octanol–water partition coefficient (Wildman–Crippen LogP) is -1.14. The summed E-state index contributed by atoms with van der Waals surface area (Å²) < 4.78 is 19.7. The van der Waals surface area contributed by atoms with Crippen LogP contribution < -0.4 is 11.1 Å². The molecule has 0 aromatic rings. The molecule has 1 heterocycles. The molecule has 0 aliphatic carbocycles. The van der Waals surface area contributed by atoms with E-state index in [2.05, 4.69) is 15.1 Å². The highest BCUT2D eigenvalue weighted by Gasteiger charge is 2.19. The van der Waals surface area contributed by atoms with Gasteiger partial charge in [-0.05, 0) is 32.5 Å². The van der Waals surface area contributed by atoms with Gasteiger partial charge in [-0.1, -0.05) is 13.8 Å². The molecule has 2 atom stereocenters. The first-order valence-corrected chi connectivity index (χ1v) is 13.5. The molecule has 39 heavy (non-hydrogen) atoms. The molecule has 14 heteroatoms. The summed E-state index contributed by atoms with van der Waals surface area (Å²) in [6.07, 6.45) is -1.70. The van der Waals surface area contributed by atoms with Crippen LogP contribution in [0.15, 0.2) is 0 Å². The molecular weight excluding hydrogens is 516 g/mol. The Morgan fingerprint density at radius 2 is 1.41 bits per heavy atom. The number of piperazine rings is 1. The Kier molecular flexibility index (Phi) is 18.0. The number of esters is 3. The van der Waals surface area contributed by atoms with Crippen molar-refractivity contribution in [1.82, 2.24) is 15.1 Å². The molecule has 0 bridgehead atoms. The number of nitrogens with two attached hydrogens (primary N) is 1. The molecule has 1 aliphatic rings. The van der Waals surface area contributed by atoms with Gasteiger partial charge in [0.2, 0.25) is 0 Å². The first kappa shape index (κ1) is 34.5. The summed E-state index contributed by atoms with van der Waals surface area (Å²) in [4.78, 5) is 51.7. The fourth-order valence-corrected chi connectivity index (χ4v) is 3.46. The van der Waals surface area contributed by atoms with Crippen LogP contribution in [0.4, 0.5) is 4.79 Å². The molecule has 0 saturated carbocycles. The van der Waals surface area contributed by atoms with E-state index in [0.29, 0.717) is 13.1 Å². The van der Waals surface area contributed by atoms with E-state index in [1.165, 1.54) is 0 Å². The number of rotatable bonds is 19. The van der Waals surface area contributed by atoms with Crippen LogP contribution in [0.2, 0.25) is 0 Å². The fourth-order valence-electron chi connectivity index (χ4n) is 3.46. The van der Waals surface area contributed by atoms with E-state index in [4.69, 9.17) is 24.7 Å². The van der Waals surface area contributed by atoms with Crippen molar-refractivity contribution in [2.75, 3.05) is 78.8 Å². The second-order valence-corrected chi connectivity index (χ2v) is 9.62. The third-order valence-corrected chi connectivity index (χ3v) is 5.83. The van der Waals surface area contributed by atoms with Crippen molar-refractivity contribution in [3.05, 3.63) is 0 Å². The monoisotopic (exact) mass is 562 g/mol. The van der Waals surface area contributed by atoms with Crippen molar-refractivity contribution in [3.8, 4) is 0 Å². The Morgan fingerprint density at radius 3 is 1.95 bits per heavy atom. The van der Waals surface area contributed by atoms with Crippen molar-refractivity contribution in [1.29, 1.82) is 0 Å². The summed E-state index contributed by atoms with van der Waals surface area (Å²) in [6, 6.07) is 0. The molecule has 0 aromatic carbocycles. The highest BCUT2D eigenvalue weighted by atomic mass is 16.6. The van der Waals surface area contributed by atoms with E-state index >= 15 is 0 Å². The van der Waals surface area contributed by atoms with Gasteiger partial charge in [0.05, 0.1) is 25.4 Å². The van der Waals surface area contributed by atoms with Gasteiger partial charge in [-0.3, -0.25) is 14.4 Å². The lowest BCUT2D eigenvalue weighted by molar-refractivity contribution is -0.164. The number of carbonyl (C=O) groups excluding carboxylic acids is 4. The van der Waals surface area contributed by atoms with Crippen LogP contribution in [0, 0.1) is 5.92 Å². The summed E-state index contributed by atoms with van der Waals surface area (Å²) in [5, 5.41) is 21.7. The second kappa shape index (κ2) is 20.4. The number of aliphatic hydroxyl groups is 2. The molecule has 5 N–H and O–H groups in total. The van der Waals surface area contributed by atoms with Gasteiger partial charge in [0.15, 0.2) is 6.10 Å². The molecule has 0 radical (unpaired) electrons. The summed E-state index contributed by atoms with van der Waals surface area (Å²) in [7, 11) is 0. The summed E-state index contributed by atoms with van der Waals surface area (Å²) in [6.45, 7) is 8.69. The first-order valence-electron chi connectivity index (χ1n) is 13.5. The Morgan fingerprint density at radius 1 is 0.872 bits per heavy atom. The maximum Gasteiger partial charge on any atom is 0.407 e. The van der Waals surface area contributed by atoms with Gasteiger partial charge in [0.25, 0.3) is 0 Å². The van der Waals surface area contributed by atoms with E-state index in [-0.39, 0.29) is 26.1 Å². The van der Waals surface area contributed by atoms with Crippen LogP contribution in [0.5, 0.6) is 0 Å². The minimum atomic E-state index is -1.22. The number of hydrogen-bond acceptors (Lipinski definition) is 13. The van der Waals surface area contributed by atoms with Crippen LogP contribution in [0.25, 0.3) is 0 Å². The van der Waals surface area contributed by atoms with Crippen LogP contribution in [0.1, 0.15) is 39.5 Å². The first-order chi connectivity index (χ1) is 18.6. The zero-order chi connectivity index (χ0) is 29.0. The molecule has 2 unspecified atom stereocenters. The quantitative estimate of drug-likeness (QED) is 0.0840. The molecule has 0 spiro atoms. The van der Waals surface area contributed by atoms with E-state index in [1.807, 2.05) is 0 Å². The van der Waals surface area contributed by atoms with Crippen LogP contribution in [-0.2, 0) is 33.3 Å². The maximum absolute atomic E-state index is 11.8. The summed E-state index contributed by atoms with van der Waals surface area (Å²) in [5.41, 5.74) is 5.55. The minimum Gasteiger partial charge on any atom is -0.463 e. The van der Waals surface area contributed by atoms with Gasteiger partial charge in [-0.2, -0.15) is 0 Å². The maximum atomic E-state index is 11.8. The van der Waals surface area contributed by atoms with Crippen molar-refractivity contribution in [2.45, 2.75) is 51.7 Å². The molecule has 1 fully saturated rings. The number of nitrogens with zero attached hydrogens (tertiary/aromatic N) is 2. The smallest absolute Gasteiger partial charge is 0.407 e. The zero-order valence-electron chi connectivity index (χ0n) is 23.2. The normalized spacial score (nSPS) is 15.8. The van der Waals surface area contributed by atoms with Gasteiger partial charge in [0, 0.05) is 32.7 Å². The number of ether oxygens (including phenoxy) is 4. The Balaban J connectivity index is 2.06. The lowest BCUT2D eigenvalue weighted by atomic mass is 10.2. The highest BCUT2D eigenvalue weighted by Crippen LogP contribution is 2.04. The standard InChI is InChI=1S/C25H46N4O10/c1-19(2)24(34)39-21(15-30)18-37-23(33)6-5-22(32)36-16-20(31)17-38-25(35)27-8-4-10-29-13-11-28(12-14-29)9-3-7-26/h19-21,30-31H,3-18,26H2,1-2H3,(H,27,35). The topological polar surface area (TPSA) is 190 Å². The third-order valence-electron chi connectivity index (χ3n) is 5.83. The van der Waals surface area contributed by atoms with Crippen molar-refractivity contribution in [3.63, 3.8) is 0 Å². The van der Waals surface area contributed by atoms with Crippen molar-refractivity contribution in [2.24, 2.45) is 11.7 Å². The third kappa shape index (κ3) is 16.9. The number of nitrogens with one attached hydrogen (secondary N) is 1. The summed E-state index contributed by atoms with van der Waals surface area (Å²) >= 11 is 0. The average Bonchev–Trinajstić information content (AvgIpc) is 2.93. The van der Waals surface area contributed by atoms with E-state index < -0.39 is 55.3 Å². The predicted molar refractivity (Wildman–Crippen MR) is 139 cm³/mol. The minimum absolute atomic E-state index is 0.298. The number of hydrogen-bond donors (Lipinski definition) is 4. The molecule has 14 nitrogen and oxygen atoms in total. The Hall–Kier alpha value is -2.52. The van der Waals surface area contributed by atoms with Gasteiger partial charge in [0.1, 0.15) is 25.9 Å². The lowest BCUT2D eigenvalue weighted by Crippen LogP contribution is -2.47. The van der Waals surface area contributed by atoms with Gasteiger partial charge in [-0.15, -0.1) is 0 Å².